The van der Waals surface area contributed by atoms with E-state index in [-0.39, 0.29) is 17.8 Å². The monoisotopic (exact) mass is 448 g/mol. The fraction of sp³-hybridized carbons (Fsp3) is 0.161. The minimum atomic E-state index is -0.515. The summed E-state index contributed by atoms with van der Waals surface area (Å²) in [5.74, 6) is -0.650. The summed E-state index contributed by atoms with van der Waals surface area (Å²) in [5.41, 5.74) is 4.50. The molecule has 0 saturated carbocycles. The molecule has 3 heteroatoms. The normalized spacial score (nSPS) is 12.6. The molecule has 0 radical (unpaired) electrons. The maximum Gasteiger partial charge on any atom is 0.339 e. The first kappa shape index (κ1) is 23.2. The van der Waals surface area contributed by atoms with Crippen LogP contribution in [0.25, 0.3) is 0 Å². The van der Waals surface area contributed by atoms with Gasteiger partial charge in [0.25, 0.3) is 0 Å². The van der Waals surface area contributed by atoms with Crippen LogP contribution in [-0.2, 0) is 9.53 Å². The topological polar surface area (TPSA) is 43.4 Å². The molecule has 4 aromatic rings. The number of rotatable bonds is 9. The molecule has 4 rings (SSSR count). The molecule has 2 atom stereocenters. The molecule has 0 aliphatic rings. The quantitative estimate of drug-likeness (QED) is 0.157. The van der Waals surface area contributed by atoms with Crippen molar-refractivity contribution in [2.45, 2.75) is 25.4 Å². The van der Waals surface area contributed by atoms with Gasteiger partial charge in [-0.3, -0.25) is 0 Å². The van der Waals surface area contributed by atoms with Gasteiger partial charge in [-0.1, -0.05) is 116 Å². The van der Waals surface area contributed by atoms with E-state index in [1.54, 1.807) is 0 Å². The van der Waals surface area contributed by atoms with E-state index in [4.69, 9.17) is 4.74 Å². The van der Waals surface area contributed by atoms with Crippen molar-refractivity contribution in [1.82, 2.24) is 0 Å². The standard InChI is InChI=1S/C31H28O3/c1-23(21-22-32)30(26-17-9-4-10-18-26)34-31(33)28-20-12-11-19-27(28)29(24-13-5-2-6-14-24)25-15-7-3-8-16-25/h2-20,22-23,29-30H,21H2,1H3/t23-,30-/m0/s1. The van der Waals surface area contributed by atoms with Crippen LogP contribution in [0.2, 0.25) is 0 Å². The van der Waals surface area contributed by atoms with Crippen LogP contribution < -0.4 is 0 Å². The highest BCUT2D eigenvalue weighted by Gasteiger charge is 2.27. The third-order valence-corrected chi connectivity index (χ3v) is 6.10. The molecule has 0 saturated heterocycles. The third kappa shape index (κ3) is 5.32. The van der Waals surface area contributed by atoms with Crippen LogP contribution in [0.15, 0.2) is 115 Å². The Morgan fingerprint density at radius 2 is 1.18 bits per heavy atom. The van der Waals surface area contributed by atoms with Gasteiger partial charge in [0.1, 0.15) is 12.4 Å². The Hall–Kier alpha value is -3.98. The molecule has 0 N–H and O–H groups in total. The molecular formula is C31H28O3. The number of esters is 1. The minimum Gasteiger partial charge on any atom is -0.454 e. The lowest BCUT2D eigenvalue weighted by Gasteiger charge is -2.25. The average molecular weight is 449 g/mol. The second kappa shape index (κ2) is 11.2. The Kier molecular flexibility index (Phi) is 7.67. The Labute approximate surface area is 201 Å². The molecule has 0 unspecified atom stereocenters. The number of carbonyl (C=O) groups excluding carboxylic acids is 2. The van der Waals surface area contributed by atoms with Crippen molar-refractivity contribution in [2.24, 2.45) is 5.92 Å². The van der Waals surface area contributed by atoms with Gasteiger partial charge in [0, 0.05) is 18.3 Å². The van der Waals surface area contributed by atoms with Crippen LogP contribution in [0.3, 0.4) is 0 Å². The summed E-state index contributed by atoms with van der Waals surface area (Å²) in [6, 6.07) is 37.6. The fourth-order valence-corrected chi connectivity index (χ4v) is 4.39. The Morgan fingerprint density at radius 3 is 1.71 bits per heavy atom. The van der Waals surface area contributed by atoms with E-state index in [9.17, 15) is 9.59 Å². The predicted molar refractivity (Wildman–Crippen MR) is 135 cm³/mol. The predicted octanol–water partition coefficient (Wildman–Crippen LogP) is 6.99. The van der Waals surface area contributed by atoms with Gasteiger partial charge in [-0.25, -0.2) is 4.79 Å². The molecule has 170 valence electrons. The summed E-state index contributed by atoms with van der Waals surface area (Å²) in [5, 5.41) is 0. The maximum absolute atomic E-state index is 13.6. The largest absolute Gasteiger partial charge is 0.454 e. The zero-order valence-corrected chi connectivity index (χ0v) is 19.2. The molecule has 34 heavy (non-hydrogen) atoms. The summed E-state index contributed by atoms with van der Waals surface area (Å²) >= 11 is 0. The first-order valence-corrected chi connectivity index (χ1v) is 11.6. The first-order chi connectivity index (χ1) is 16.7. The van der Waals surface area contributed by atoms with Crippen molar-refractivity contribution in [3.05, 3.63) is 143 Å². The first-order valence-electron chi connectivity index (χ1n) is 11.6. The molecule has 0 amide bonds. The van der Waals surface area contributed by atoms with Crippen molar-refractivity contribution in [3.63, 3.8) is 0 Å². The van der Waals surface area contributed by atoms with Crippen LogP contribution in [-0.4, -0.2) is 12.3 Å². The summed E-state index contributed by atoms with van der Waals surface area (Å²) in [6.45, 7) is 1.93. The van der Waals surface area contributed by atoms with Crippen molar-refractivity contribution >= 4 is 12.3 Å². The zero-order valence-electron chi connectivity index (χ0n) is 19.2. The van der Waals surface area contributed by atoms with Gasteiger partial charge < -0.3 is 9.53 Å². The van der Waals surface area contributed by atoms with E-state index >= 15 is 0 Å². The fourth-order valence-electron chi connectivity index (χ4n) is 4.39. The maximum atomic E-state index is 13.6. The van der Waals surface area contributed by atoms with Crippen LogP contribution in [0.5, 0.6) is 0 Å². The van der Waals surface area contributed by atoms with E-state index in [0.29, 0.717) is 12.0 Å². The van der Waals surface area contributed by atoms with Crippen molar-refractivity contribution in [1.29, 1.82) is 0 Å². The van der Waals surface area contributed by atoms with E-state index < -0.39 is 6.10 Å². The van der Waals surface area contributed by atoms with Gasteiger partial charge in [-0.15, -0.1) is 0 Å². The van der Waals surface area contributed by atoms with Gasteiger partial charge in [0.05, 0.1) is 5.56 Å². The van der Waals surface area contributed by atoms with Crippen LogP contribution in [0.1, 0.15) is 58.0 Å². The lowest BCUT2D eigenvalue weighted by Crippen LogP contribution is -2.20. The van der Waals surface area contributed by atoms with Crippen molar-refractivity contribution in [2.75, 3.05) is 0 Å². The summed E-state index contributed by atoms with van der Waals surface area (Å²) < 4.78 is 6.10. The minimum absolute atomic E-state index is 0.117. The molecule has 0 aliphatic carbocycles. The zero-order chi connectivity index (χ0) is 23.8. The number of benzene rings is 4. The number of hydrogen-bond acceptors (Lipinski definition) is 3. The molecule has 4 aromatic carbocycles. The highest BCUT2D eigenvalue weighted by Crippen LogP contribution is 2.35. The molecule has 0 fully saturated rings. The second-order valence-electron chi connectivity index (χ2n) is 8.46. The van der Waals surface area contributed by atoms with E-state index in [1.807, 2.05) is 97.9 Å². The van der Waals surface area contributed by atoms with Gasteiger partial charge in [-0.05, 0) is 28.3 Å². The number of hydrogen-bond donors (Lipinski definition) is 0. The number of aldehydes is 1. The molecule has 0 heterocycles. The highest BCUT2D eigenvalue weighted by molar-refractivity contribution is 5.92. The van der Waals surface area contributed by atoms with Gasteiger partial charge in [0.15, 0.2) is 0 Å². The Morgan fingerprint density at radius 1 is 0.706 bits per heavy atom. The third-order valence-electron chi connectivity index (χ3n) is 6.10. The van der Waals surface area contributed by atoms with E-state index in [0.717, 1.165) is 28.5 Å². The molecule has 3 nitrogen and oxygen atoms in total. The van der Waals surface area contributed by atoms with E-state index in [2.05, 4.69) is 24.3 Å². The van der Waals surface area contributed by atoms with Gasteiger partial charge in [-0.2, -0.15) is 0 Å². The summed E-state index contributed by atoms with van der Waals surface area (Å²) in [7, 11) is 0. The number of ether oxygens (including phenoxy) is 1. The second-order valence-corrected chi connectivity index (χ2v) is 8.46. The summed E-state index contributed by atoms with van der Waals surface area (Å²) in [6.07, 6.45) is 0.674. The Bertz CT molecular complexity index is 1160. The van der Waals surface area contributed by atoms with Gasteiger partial charge >= 0.3 is 5.97 Å². The SMILES string of the molecule is C[C@@H](CC=O)[C@H](OC(=O)c1ccccc1C(c1ccccc1)c1ccccc1)c1ccccc1. The molecule has 0 spiro atoms. The lowest BCUT2D eigenvalue weighted by molar-refractivity contribution is -0.109. The molecule has 0 bridgehead atoms. The van der Waals surface area contributed by atoms with Crippen LogP contribution in [0, 0.1) is 5.92 Å². The highest BCUT2D eigenvalue weighted by atomic mass is 16.5. The van der Waals surface area contributed by atoms with Crippen LogP contribution in [0.4, 0.5) is 0 Å². The average Bonchev–Trinajstić information content (AvgIpc) is 2.89. The smallest absolute Gasteiger partial charge is 0.339 e. The molecular weight excluding hydrogens is 420 g/mol. The van der Waals surface area contributed by atoms with E-state index in [1.165, 1.54) is 0 Å². The lowest BCUT2D eigenvalue weighted by atomic mass is 9.83. The Balaban J connectivity index is 1.74. The van der Waals surface area contributed by atoms with Crippen LogP contribution >= 0.6 is 0 Å². The van der Waals surface area contributed by atoms with Gasteiger partial charge in [0.2, 0.25) is 0 Å². The van der Waals surface area contributed by atoms with Crippen molar-refractivity contribution in [3.8, 4) is 0 Å². The molecule has 0 aliphatic heterocycles. The molecule has 0 aromatic heterocycles. The summed E-state index contributed by atoms with van der Waals surface area (Å²) in [4.78, 5) is 24.8. The number of carbonyl (C=O) groups is 2. The van der Waals surface area contributed by atoms with Crippen molar-refractivity contribution < 1.29 is 14.3 Å².